The van der Waals surface area contributed by atoms with Gasteiger partial charge in [-0.1, -0.05) is 6.42 Å². The van der Waals surface area contributed by atoms with Gasteiger partial charge in [-0.05, 0) is 25.7 Å². The van der Waals surface area contributed by atoms with Gasteiger partial charge in [0.05, 0.1) is 20.3 Å². The number of carbonyl (C=O) groups excluding carboxylic acids is 1. The van der Waals surface area contributed by atoms with Crippen molar-refractivity contribution in [3.05, 3.63) is 6.07 Å². The molecule has 7 nitrogen and oxygen atoms in total. The molecule has 0 amide bonds. The van der Waals surface area contributed by atoms with Crippen LogP contribution >= 0.6 is 0 Å². The van der Waals surface area contributed by atoms with Gasteiger partial charge in [0.25, 0.3) is 0 Å². The van der Waals surface area contributed by atoms with Crippen molar-refractivity contribution in [2.75, 3.05) is 14.2 Å². The maximum absolute atomic E-state index is 11.7. The van der Waals surface area contributed by atoms with E-state index in [0.29, 0.717) is 0 Å². The maximum atomic E-state index is 11.7. The van der Waals surface area contributed by atoms with E-state index < -0.39 is 6.16 Å². The fraction of sp³-hybridized carbons (Fsp3) is 0.615. The predicted molar refractivity (Wildman–Crippen MR) is 69.1 cm³/mol. The van der Waals surface area contributed by atoms with Gasteiger partial charge in [0, 0.05) is 0 Å². The molecule has 0 spiro atoms. The van der Waals surface area contributed by atoms with Crippen molar-refractivity contribution in [2.24, 2.45) is 0 Å². The average Bonchev–Trinajstić information content (AvgIpc) is 2.47. The summed E-state index contributed by atoms with van der Waals surface area (Å²) in [5.41, 5.74) is 0. The number of nitrogens with zero attached hydrogens (tertiary/aromatic N) is 2. The molecule has 1 aliphatic rings. The highest BCUT2D eigenvalue weighted by Gasteiger charge is 2.20. The number of methoxy groups -OCH3 is 2. The zero-order valence-corrected chi connectivity index (χ0v) is 11.6. The summed E-state index contributed by atoms with van der Waals surface area (Å²) < 4.78 is 20.1. The first-order chi connectivity index (χ1) is 9.71. The number of aromatic nitrogens is 2. The van der Waals surface area contributed by atoms with E-state index in [1.165, 1.54) is 26.7 Å². The summed E-state index contributed by atoms with van der Waals surface area (Å²) in [5.74, 6) is 0.495. The van der Waals surface area contributed by atoms with Crippen LogP contribution in [0.2, 0.25) is 0 Å². The number of hydrogen-bond acceptors (Lipinski definition) is 7. The van der Waals surface area contributed by atoms with E-state index in [9.17, 15) is 4.79 Å². The Morgan fingerprint density at radius 2 is 1.70 bits per heavy atom. The van der Waals surface area contributed by atoms with Crippen LogP contribution in [0.1, 0.15) is 32.1 Å². The van der Waals surface area contributed by atoms with Crippen LogP contribution in [-0.2, 0) is 4.74 Å². The number of carbonyl (C=O) groups is 1. The lowest BCUT2D eigenvalue weighted by molar-refractivity contribution is 0.0393. The summed E-state index contributed by atoms with van der Waals surface area (Å²) in [5, 5.41) is 0. The molecule has 20 heavy (non-hydrogen) atoms. The Morgan fingerprint density at radius 1 is 1.10 bits per heavy atom. The van der Waals surface area contributed by atoms with E-state index in [1.54, 1.807) is 0 Å². The van der Waals surface area contributed by atoms with Crippen molar-refractivity contribution in [3.8, 4) is 17.8 Å². The Labute approximate surface area is 117 Å². The molecule has 7 heteroatoms. The third kappa shape index (κ3) is 3.97. The van der Waals surface area contributed by atoms with Gasteiger partial charge in [0.15, 0.2) is 0 Å². The molecule has 0 bridgehead atoms. The molecule has 1 aromatic rings. The van der Waals surface area contributed by atoms with Crippen molar-refractivity contribution in [1.82, 2.24) is 9.97 Å². The normalized spacial score (nSPS) is 15.5. The minimum atomic E-state index is -0.799. The standard InChI is InChI=1S/C13H18N2O5/c1-17-10-8-11(18-2)15-12(14-10)20-13(16)19-9-6-4-3-5-7-9/h8-9H,3-7H2,1-2H3. The van der Waals surface area contributed by atoms with Gasteiger partial charge >= 0.3 is 12.2 Å². The smallest absolute Gasteiger partial charge is 0.481 e. The number of rotatable bonds is 4. The van der Waals surface area contributed by atoms with E-state index >= 15 is 0 Å². The minimum absolute atomic E-state index is 0.0799. The van der Waals surface area contributed by atoms with Crippen LogP contribution in [0.15, 0.2) is 6.07 Å². The second kappa shape index (κ2) is 6.93. The average molecular weight is 282 g/mol. The lowest BCUT2D eigenvalue weighted by Gasteiger charge is -2.20. The quantitative estimate of drug-likeness (QED) is 0.784. The Kier molecular flexibility index (Phi) is 4.97. The fourth-order valence-electron chi connectivity index (χ4n) is 2.06. The van der Waals surface area contributed by atoms with Gasteiger partial charge in [-0.25, -0.2) is 4.79 Å². The zero-order chi connectivity index (χ0) is 14.4. The molecular formula is C13H18N2O5. The highest BCUT2D eigenvalue weighted by atomic mass is 16.7. The van der Waals surface area contributed by atoms with Gasteiger partial charge in [-0.3, -0.25) is 0 Å². The van der Waals surface area contributed by atoms with Gasteiger partial charge in [-0.15, -0.1) is 0 Å². The van der Waals surface area contributed by atoms with Gasteiger partial charge in [0.2, 0.25) is 11.8 Å². The van der Waals surface area contributed by atoms with Crippen molar-refractivity contribution in [3.63, 3.8) is 0 Å². The molecule has 0 aromatic carbocycles. The van der Waals surface area contributed by atoms with Crippen LogP contribution in [0.25, 0.3) is 0 Å². The Morgan fingerprint density at radius 3 is 2.25 bits per heavy atom. The summed E-state index contributed by atoms with van der Waals surface area (Å²) in [6, 6.07) is 1.33. The highest BCUT2D eigenvalue weighted by molar-refractivity contribution is 5.62. The third-order valence-corrected chi connectivity index (χ3v) is 3.07. The molecule has 0 radical (unpaired) electrons. The first-order valence-electron chi connectivity index (χ1n) is 6.57. The maximum Gasteiger partial charge on any atom is 0.516 e. The first-order valence-corrected chi connectivity index (χ1v) is 6.57. The van der Waals surface area contributed by atoms with Crippen LogP contribution < -0.4 is 14.2 Å². The Balaban J connectivity index is 1.95. The molecule has 0 aliphatic heterocycles. The minimum Gasteiger partial charge on any atom is -0.481 e. The van der Waals surface area contributed by atoms with Crippen LogP contribution in [0.4, 0.5) is 4.79 Å². The summed E-state index contributed by atoms with van der Waals surface area (Å²) >= 11 is 0. The van der Waals surface area contributed by atoms with Crippen LogP contribution in [0, 0.1) is 0 Å². The lowest BCUT2D eigenvalue weighted by Crippen LogP contribution is -2.23. The predicted octanol–water partition coefficient (Wildman–Crippen LogP) is 2.34. The van der Waals surface area contributed by atoms with Crippen molar-refractivity contribution < 1.29 is 23.7 Å². The van der Waals surface area contributed by atoms with Gasteiger partial charge in [-0.2, -0.15) is 9.97 Å². The van der Waals surface area contributed by atoms with E-state index in [2.05, 4.69) is 9.97 Å². The van der Waals surface area contributed by atoms with E-state index in [1.807, 2.05) is 0 Å². The summed E-state index contributed by atoms with van der Waals surface area (Å²) in [4.78, 5) is 19.5. The molecule has 1 aliphatic carbocycles. The van der Waals surface area contributed by atoms with E-state index in [0.717, 1.165) is 25.7 Å². The lowest BCUT2D eigenvalue weighted by atomic mass is 9.98. The molecule has 0 saturated heterocycles. The molecule has 110 valence electrons. The molecule has 2 rings (SSSR count). The van der Waals surface area contributed by atoms with E-state index in [4.69, 9.17) is 18.9 Å². The summed E-state index contributed by atoms with van der Waals surface area (Å²) in [6.07, 6.45) is 4.19. The van der Waals surface area contributed by atoms with Gasteiger partial charge < -0.3 is 18.9 Å². The Bertz CT molecular complexity index is 438. The summed E-state index contributed by atoms with van der Waals surface area (Å²) in [7, 11) is 2.90. The summed E-state index contributed by atoms with van der Waals surface area (Å²) in [6.45, 7) is 0. The number of hydrogen-bond donors (Lipinski definition) is 0. The fourth-order valence-corrected chi connectivity index (χ4v) is 2.06. The SMILES string of the molecule is COc1cc(OC)nc(OC(=O)OC2CCCCC2)n1. The molecular weight excluding hydrogens is 264 g/mol. The molecule has 1 heterocycles. The van der Waals surface area contributed by atoms with Crippen molar-refractivity contribution in [1.29, 1.82) is 0 Å². The molecule has 0 atom stereocenters. The molecule has 0 unspecified atom stereocenters. The second-order valence-electron chi connectivity index (χ2n) is 4.47. The Hall–Kier alpha value is -2.05. The van der Waals surface area contributed by atoms with Gasteiger partial charge in [0.1, 0.15) is 6.10 Å². The van der Waals surface area contributed by atoms with E-state index in [-0.39, 0.29) is 23.9 Å². The monoisotopic (exact) mass is 282 g/mol. The third-order valence-electron chi connectivity index (χ3n) is 3.07. The van der Waals surface area contributed by atoms with Crippen LogP contribution in [0.5, 0.6) is 17.8 Å². The molecule has 1 fully saturated rings. The van der Waals surface area contributed by atoms with Crippen LogP contribution in [0.3, 0.4) is 0 Å². The van der Waals surface area contributed by atoms with Crippen LogP contribution in [-0.4, -0.2) is 36.4 Å². The largest absolute Gasteiger partial charge is 0.516 e. The zero-order valence-electron chi connectivity index (χ0n) is 11.6. The van der Waals surface area contributed by atoms with Crippen molar-refractivity contribution >= 4 is 6.16 Å². The molecule has 1 aromatic heterocycles. The first kappa shape index (κ1) is 14.4. The molecule has 0 N–H and O–H groups in total. The number of ether oxygens (including phenoxy) is 4. The van der Waals surface area contributed by atoms with Crippen molar-refractivity contribution in [2.45, 2.75) is 38.2 Å². The second-order valence-corrected chi connectivity index (χ2v) is 4.47. The topological polar surface area (TPSA) is 79.8 Å². The molecule has 1 saturated carbocycles. The highest BCUT2D eigenvalue weighted by Crippen LogP contribution is 2.22.